The Bertz CT molecular complexity index is 534. The summed E-state index contributed by atoms with van der Waals surface area (Å²) in [5, 5.41) is 14.2. The SMILES string of the molecule is O=C(O)/C=C/c1csc(Nc2ccccc2)n1. The van der Waals surface area contributed by atoms with Crippen molar-refractivity contribution in [2.45, 2.75) is 0 Å². The third-order valence-electron chi connectivity index (χ3n) is 1.94. The maximum Gasteiger partial charge on any atom is 0.328 e. The Morgan fingerprint density at radius 3 is 2.82 bits per heavy atom. The van der Waals surface area contributed by atoms with Gasteiger partial charge in [-0.1, -0.05) is 18.2 Å². The largest absolute Gasteiger partial charge is 0.478 e. The summed E-state index contributed by atoms with van der Waals surface area (Å²) in [6.07, 6.45) is 2.54. The summed E-state index contributed by atoms with van der Waals surface area (Å²) in [5.74, 6) is -0.976. The molecule has 0 radical (unpaired) electrons. The van der Waals surface area contributed by atoms with Crippen molar-refractivity contribution in [3.05, 3.63) is 47.5 Å². The van der Waals surface area contributed by atoms with Crippen molar-refractivity contribution in [1.82, 2.24) is 4.98 Å². The Balaban J connectivity index is 2.06. The average molecular weight is 246 g/mol. The van der Waals surface area contributed by atoms with Crippen molar-refractivity contribution in [1.29, 1.82) is 0 Å². The predicted molar refractivity (Wildman–Crippen MR) is 68.5 cm³/mol. The first kappa shape index (κ1) is 11.3. The van der Waals surface area contributed by atoms with Crippen LogP contribution in [0.25, 0.3) is 6.08 Å². The van der Waals surface area contributed by atoms with E-state index in [1.54, 1.807) is 5.38 Å². The monoisotopic (exact) mass is 246 g/mol. The Morgan fingerprint density at radius 2 is 2.12 bits per heavy atom. The molecule has 0 saturated carbocycles. The molecule has 17 heavy (non-hydrogen) atoms. The number of nitrogens with one attached hydrogen (secondary N) is 1. The molecule has 0 aliphatic rings. The molecule has 0 fully saturated rings. The average Bonchev–Trinajstić information content (AvgIpc) is 2.75. The molecule has 0 spiro atoms. The van der Waals surface area contributed by atoms with Crippen LogP contribution in [-0.4, -0.2) is 16.1 Å². The first-order valence-electron chi connectivity index (χ1n) is 4.92. The molecule has 0 saturated heterocycles. The zero-order valence-corrected chi connectivity index (χ0v) is 9.65. The molecule has 2 rings (SSSR count). The van der Waals surface area contributed by atoms with Crippen LogP contribution in [0.5, 0.6) is 0 Å². The van der Waals surface area contributed by atoms with Crippen LogP contribution >= 0.6 is 11.3 Å². The number of rotatable bonds is 4. The van der Waals surface area contributed by atoms with Gasteiger partial charge in [0.25, 0.3) is 0 Å². The number of aromatic nitrogens is 1. The smallest absolute Gasteiger partial charge is 0.328 e. The summed E-state index contributed by atoms with van der Waals surface area (Å²) in [5.41, 5.74) is 1.59. The van der Waals surface area contributed by atoms with E-state index < -0.39 is 5.97 Å². The molecule has 0 unspecified atom stereocenters. The van der Waals surface area contributed by atoms with Crippen LogP contribution in [0.2, 0.25) is 0 Å². The Kier molecular flexibility index (Phi) is 3.52. The fraction of sp³-hybridized carbons (Fsp3) is 0. The van der Waals surface area contributed by atoms with E-state index in [9.17, 15) is 4.79 Å². The number of para-hydroxylation sites is 1. The van der Waals surface area contributed by atoms with E-state index >= 15 is 0 Å². The summed E-state index contributed by atoms with van der Waals surface area (Å²) < 4.78 is 0. The van der Waals surface area contributed by atoms with E-state index in [1.807, 2.05) is 30.3 Å². The number of nitrogens with zero attached hydrogens (tertiary/aromatic N) is 1. The van der Waals surface area contributed by atoms with Gasteiger partial charge in [-0.3, -0.25) is 0 Å². The Hall–Kier alpha value is -2.14. The Morgan fingerprint density at radius 1 is 1.35 bits per heavy atom. The molecular weight excluding hydrogens is 236 g/mol. The number of hydrogen-bond donors (Lipinski definition) is 2. The fourth-order valence-corrected chi connectivity index (χ4v) is 1.92. The molecule has 2 aromatic rings. The number of carboxylic acid groups (broad SMARTS) is 1. The van der Waals surface area contributed by atoms with Gasteiger partial charge in [0.1, 0.15) is 0 Å². The number of aliphatic carboxylic acids is 1. The molecule has 86 valence electrons. The van der Waals surface area contributed by atoms with Crippen LogP contribution < -0.4 is 5.32 Å². The van der Waals surface area contributed by atoms with Crippen molar-refractivity contribution in [2.24, 2.45) is 0 Å². The van der Waals surface area contributed by atoms with Crippen molar-refractivity contribution in [3.63, 3.8) is 0 Å². The summed E-state index contributed by atoms with van der Waals surface area (Å²) in [6.45, 7) is 0. The molecule has 1 aromatic carbocycles. The molecule has 0 atom stereocenters. The first-order valence-corrected chi connectivity index (χ1v) is 5.80. The summed E-state index contributed by atoms with van der Waals surface area (Å²) in [6, 6.07) is 9.68. The second-order valence-corrected chi connectivity index (χ2v) is 4.10. The third kappa shape index (κ3) is 3.42. The zero-order valence-electron chi connectivity index (χ0n) is 8.83. The van der Waals surface area contributed by atoms with Crippen molar-refractivity contribution < 1.29 is 9.90 Å². The molecule has 0 aliphatic carbocycles. The van der Waals surface area contributed by atoms with Gasteiger partial charge < -0.3 is 10.4 Å². The van der Waals surface area contributed by atoms with Crippen LogP contribution in [0.4, 0.5) is 10.8 Å². The predicted octanol–water partition coefficient (Wildman–Crippen LogP) is 2.98. The summed E-state index contributed by atoms with van der Waals surface area (Å²) >= 11 is 1.43. The summed E-state index contributed by atoms with van der Waals surface area (Å²) in [4.78, 5) is 14.6. The zero-order chi connectivity index (χ0) is 12.1. The molecule has 2 N–H and O–H groups in total. The van der Waals surface area contributed by atoms with Crippen molar-refractivity contribution in [3.8, 4) is 0 Å². The summed E-state index contributed by atoms with van der Waals surface area (Å²) in [7, 11) is 0. The van der Waals surface area contributed by atoms with Gasteiger partial charge in [0, 0.05) is 17.1 Å². The van der Waals surface area contributed by atoms with Gasteiger partial charge in [-0.25, -0.2) is 9.78 Å². The maximum absolute atomic E-state index is 10.3. The number of thiazole rings is 1. The van der Waals surface area contributed by atoms with Gasteiger partial charge in [0.05, 0.1) is 5.69 Å². The molecule has 0 aliphatic heterocycles. The highest BCUT2D eigenvalue weighted by atomic mass is 32.1. The van der Waals surface area contributed by atoms with Crippen molar-refractivity contribution in [2.75, 3.05) is 5.32 Å². The first-order chi connectivity index (χ1) is 8.24. The Labute approximate surface area is 102 Å². The number of benzene rings is 1. The number of hydrogen-bond acceptors (Lipinski definition) is 4. The molecule has 0 bridgehead atoms. The molecule has 0 amide bonds. The van der Waals surface area contributed by atoms with Crippen LogP contribution in [0.3, 0.4) is 0 Å². The highest BCUT2D eigenvalue weighted by Gasteiger charge is 1.99. The van der Waals surface area contributed by atoms with Crippen LogP contribution in [0, 0.1) is 0 Å². The lowest BCUT2D eigenvalue weighted by atomic mass is 10.3. The third-order valence-corrected chi connectivity index (χ3v) is 2.72. The molecule has 1 aromatic heterocycles. The molecule has 5 heteroatoms. The molecule has 4 nitrogen and oxygen atoms in total. The van der Waals surface area contributed by atoms with Gasteiger partial charge >= 0.3 is 5.97 Å². The fourth-order valence-electron chi connectivity index (χ4n) is 1.22. The van der Waals surface area contributed by atoms with Gasteiger partial charge in [0.2, 0.25) is 0 Å². The van der Waals surface area contributed by atoms with Gasteiger partial charge in [0.15, 0.2) is 5.13 Å². The van der Waals surface area contributed by atoms with E-state index in [-0.39, 0.29) is 0 Å². The normalized spacial score (nSPS) is 10.6. The highest BCUT2D eigenvalue weighted by Crippen LogP contribution is 2.21. The quantitative estimate of drug-likeness (QED) is 0.814. The topological polar surface area (TPSA) is 62.2 Å². The van der Waals surface area contributed by atoms with Crippen LogP contribution in [0.1, 0.15) is 5.69 Å². The van der Waals surface area contributed by atoms with Crippen LogP contribution in [0.15, 0.2) is 41.8 Å². The lowest BCUT2D eigenvalue weighted by Crippen LogP contribution is -1.89. The van der Waals surface area contributed by atoms with E-state index in [1.165, 1.54) is 17.4 Å². The second kappa shape index (κ2) is 5.27. The number of anilines is 2. The van der Waals surface area contributed by atoms with E-state index in [4.69, 9.17) is 5.11 Å². The van der Waals surface area contributed by atoms with E-state index in [0.29, 0.717) is 5.69 Å². The second-order valence-electron chi connectivity index (χ2n) is 3.24. The van der Waals surface area contributed by atoms with Crippen molar-refractivity contribution >= 4 is 34.2 Å². The lowest BCUT2D eigenvalue weighted by Gasteiger charge is -2.00. The standard InChI is InChI=1S/C12H10N2O2S/c15-11(16)7-6-10-8-17-12(14-10)13-9-4-2-1-3-5-9/h1-8H,(H,13,14)(H,15,16)/b7-6+. The maximum atomic E-state index is 10.3. The van der Waals surface area contributed by atoms with E-state index in [2.05, 4.69) is 10.3 Å². The number of carboxylic acids is 1. The molecular formula is C12H10N2O2S. The molecule has 1 heterocycles. The lowest BCUT2D eigenvalue weighted by molar-refractivity contribution is -0.131. The van der Waals surface area contributed by atoms with Crippen LogP contribution in [-0.2, 0) is 4.79 Å². The van der Waals surface area contributed by atoms with Gasteiger partial charge in [-0.05, 0) is 18.2 Å². The number of carbonyl (C=O) groups is 1. The minimum Gasteiger partial charge on any atom is -0.478 e. The minimum absolute atomic E-state index is 0.635. The van der Waals surface area contributed by atoms with E-state index in [0.717, 1.165) is 16.9 Å². The highest BCUT2D eigenvalue weighted by molar-refractivity contribution is 7.13. The van der Waals surface area contributed by atoms with Gasteiger partial charge in [-0.15, -0.1) is 11.3 Å². The van der Waals surface area contributed by atoms with Gasteiger partial charge in [-0.2, -0.15) is 0 Å². The minimum atomic E-state index is -0.976.